The van der Waals surface area contributed by atoms with Gasteiger partial charge in [-0.1, -0.05) is 24.3 Å². The van der Waals surface area contributed by atoms with Gasteiger partial charge in [0.2, 0.25) is 5.91 Å². The van der Waals surface area contributed by atoms with Crippen LogP contribution < -0.4 is 5.32 Å². The Labute approximate surface area is 165 Å². The van der Waals surface area contributed by atoms with E-state index in [0.717, 1.165) is 28.1 Å². The average Bonchev–Trinajstić information content (AvgIpc) is 3.14. The predicted molar refractivity (Wildman–Crippen MR) is 107 cm³/mol. The summed E-state index contributed by atoms with van der Waals surface area (Å²) in [5, 5.41) is 2.86. The number of rotatable bonds is 4. The SMILES string of the molecule is O=C(Nc1ccc(F)cc1)C1(c2ccc(-c3nc4cccnc4[nH]3)cc2)COC1. The summed E-state index contributed by atoms with van der Waals surface area (Å²) in [6.45, 7) is 0.599. The van der Waals surface area contributed by atoms with E-state index in [1.165, 1.54) is 12.1 Å². The van der Waals surface area contributed by atoms with E-state index in [1.54, 1.807) is 18.3 Å². The van der Waals surface area contributed by atoms with Crippen LogP contribution in [0.5, 0.6) is 0 Å². The first kappa shape index (κ1) is 17.5. The number of pyridine rings is 1. The number of nitrogens with one attached hydrogen (secondary N) is 2. The lowest BCUT2D eigenvalue weighted by Gasteiger charge is -2.40. The number of imidazole rings is 1. The highest BCUT2D eigenvalue weighted by atomic mass is 19.1. The molecule has 0 aliphatic carbocycles. The molecule has 0 radical (unpaired) electrons. The maximum atomic E-state index is 13.1. The van der Waals surface area contributed by atoms with Crippen molar-refractivity contribution < 1.29 is 13.9 Å². The smallest absolute Gasteiger partial charge is 0.239 e. The highest BCUT2D eigenvalue weighted by Crippen LogP contribution is 2.35. The molecule has 0 bridgehead atoms. The zero-order valence-electron chi connectivity index (χ0n) is 15.4. The molecule has 2 aromatic carbocycles. The minimum atomic E-state index is -0.762. The van der Waals surface area contributed by atoms with Crippen molar-refractivity contribution >= 4 is 22.8 Å². The van der Waals surface area contributed by atoms with Gasteiger partial charge in [0.15, 0.2) is 5.65 Å². The highest BCUT2D eigenvalue weighted by molar-refractivity contribution is 6.00. The van der Waals surface area contributed by atoms with Crippen molar-refractivity contribution in [3.05, 3.63) is 78.2 Å². The monoisotopic (exact) mass is 388 g/mol. The summed E-state index contributed by atoms with van der Waals surface area (Å²) in [4.78, 5) is 25.0. The fourth-order valence-electron chi connectivity index (χ4n) is 3.45. The molecule has 4 aromatic rings. The molecule has 1 fully saturated rings. The lowest BCUT2D eigenvalue weighted by atomic mass is 9.77. The molecule has 2 aromatic heterocycles. The summed E-state index contributed by atoms with van der Waals surface area (Å²) >= 11 is 0. The van der Waals surface area contributed by atoms with Crippen molar-refractivity contribution in [1.82, 2.24) is 15.0 Å². The number of halogens is 1. The van der Waals surface area contributed by atoms with Crippen LogP contribution in [0.2, 0.25) is 0 Å². The fourth-order valence-corrected chi connectivity index (χ4v) is 3.45. The van der Waals surface area contributed by atoms with Crippen LogP contribution in [0.1, 0.15) is 5.56 Å². The normalized spacial score (nSPS) is 15.1. The van der Waals surface area contributed by atoms with Crippen molar-refractivity contribution in [2.24, 2.45) is 0 Å². The number of anilines is 1. The first-order valence-corrected chi connectivity index (χ1v) is 9.20. The van der Waals surface area contributed by atoms with Crippen LogP contribution in [0.3, 0.4) is 0 Å². The minimum Gasteiger partial charge on any atom is -0.378 e. The van der Waals surface area contributed by atoms with Gasteiger partial charge in [0.1, 0.15) is 22.6 Å². The number of fused-ring (bicyclic) bond motifs is 1. The fraction of sp³-hybridized carbons (Fsp3) is 0.136. The van der Waals surface area contributed by atoms with Crippen LogP contribution in [-0.2, 0) is 14.9 Å². The Bertz CT molecular complexity index is 1150. The van der Waals surface area contributed by atoms with Gasteiger partial charge in [-0.2, -0.15) is 0 Å². The molecular weight excluding hydrogens is 371 g/mol. The van der Waals surface area contributed by atoms with Gasteiger partial charge in [-0.15, -0.1) is 0 Å². The second-order valence-corrected chi connectivity index (χ2v) is 7.07. The van der Waals surface area contributed by atoms with Crippen molar-refractivity contribution in [3.63, 3.8) is 0 Å². The average molecular weight is 388 g/mol. The van der Waals surface area contributed by atoms with Gasteiger partial charge >= 0.3 is 0 Å². The molecule has 144 valence electrons. The van der Waals surface area contributed by atoms with Crippen LogP contribution >= 0.6 is 0 Å². The molecule has 0 atom stereocenters. The summed E-state index contributed by atoms with van der Waals surface area (Å²) in [5.74, 6) is 0.206. The van der Waals surface area contributed by atoms with Gasteiger partial charge < -0.3 is 15.0 Å². The second kappa shape index (κ2) is 6.79. The first-order chi connectivity index (χ1) is 14.1. The summed E-state index contributed by atoms with van der Waals surface area (Å²) in [5.41, 5.74) is 3.09. The van der Waals surface area contributed by atoms with Crippen LogP contribution in [0.4, 0.5) is 10.1 Å². The third-order valence-corrected chi connectivity index (χ3v) is 5.20. The Morgan fingerprint density at radius 3 is 2.48 bits per heavy atom. The lowest BCUT2D eigenvalue weighted by Crippen LogP contribution is -2.55. The molecule has 1 aliphatic heterocycles. The van der Waals surface area contributed by atoms with Crippen LogP contribution in [0, 0.1) is 5.82 Å². The summed E-state index contributed by atoms with van der Waals surface area (Å²) in [6.07, 6.45) is 1.72. The highest BCUT2D eigenvalue weighted by Gasteiger charge is 2.47. The second-order valence-electron chi connectivity index (χ2n) is 7.07. The van der Waals surface area contributed by atoms with E-state index in [4.69, 9.17) is 4.74 Å². The molecule has 0 saturated carbocycles. The van der Waals surface area contributed by atoms with Crippen LogP contribution in [0.25, 0.3) is 22.6 Å². The topological polar surface area (TPSA) is 79.9 Å². The Morgan fingerprint density at radius 2 is 1.83 bits per heavy atom. The van der Waals surface area contributed by atoms with Crippen molar-refractivity contribution in [1.29, 1.82) is 0 Å². The van der Waals surface area contributed by atoms with E-state index in [-0.39, 0.29) is 11.7 Å². The molecular formula is C22H17FN4O2. The third-order valence-electron chi connectivity index (χ3n) is 5.20. The van der Waals surface area contributed by atoms with Gasteiger partial charge in [0.05, 0.1) is 13.2 Å². The van der Waals surface area contributed by atoms with Gasteiger partial charge in [0.25, 0.3) is 0 Å². The number of aromatic amines is 1. The zero-order chi connectivity index (χ0) is 19.8. The number of hydrogen-bond acceptors (Lipinski definition) is 4. The van der Waals surface area contributed by atoms with Crippen LogP contribution in [0.15, 0.2) is 66.9 Å². The summed E-state index contributed by atoms with van der Waals surface area (Å²) < 4.78 is 18.5. The molecule has 3 heterocycles. The number of carbonyl (C=O) groups is 1. The Morgan fingerprint density at radius 1 is 1.07 bits per heavy atom. The van der Waals surface area contributed by atoms with Crippen molar-refractivity contribution in [2.45, 2.75) is 5.41 Å². The number of amides is 1. The van der Waals surface area contributed by atoms with Gasteiger partial charge in [-0.3, -0.25) is 4.79 Å². The molecule has 7 heteroatoms. The largest absolute Gasteiger partial charge is 0.378 e. The van der Waals surface area contributed by atoms with E-state index in [1.807, 2.05) is 36.4 Å². The first-order valence-electron chi connectivity index (χ1n) is 9.20. The Kier molecular flexibility index (Phi) is 4.10. The molecule has 2 N–H and O–H groups in total. The van der Waals surface area contributed by atoms with E-state index in [2.05, 4.69) is 20.3 Å². The van der Waals surface area contributed by atoms with Gasteiger partial charge in [-0.25, -0.2) is 14.4 Å². The Balaban J connectivity index is 1.41. The Hall–Kier alpha value is -3.58. The number of ether oxygens (including phenoxy) is 1. The van der Waals surface area contributed by atoms with Gasteiger partial charge in [-0.05, 0) is 42.0 Å². The molecule has 6 nitrogen and oxygen atoms in total. The molecule has 1 aliphatic rings. The van der Waals surface area contributed by atoms with E-state index in [9.17, 15) is 9.18 Å². The number of benzene rings is 2. The van der Waals surface area contributed by atoms with Crippen molar-refractivity contribution in [2.75, 3.05) is 18.5 Å². The standard InChI is InChI=1S/C22H17FN4O2/c23-16-7-9-17(10-8-16)25-21(28)22(12-29-13-22)15-5-3-14(4-6-15)19-26-18-2-1-11-24-20(18)27-19/h1-11H,12-13H2,(H,25,28)(H,24,26,27). The molecule has 0 unspecified atom stereocenters. The maximum Gasteiger partial charge on any atom is 0.239 e. The third kappa shape index (κ3) is 3.05. The zero-order valence-corrected chi connectivity index (χ0v) is 15.4. The minimum absolute atomic E-state index is 0.170. The molecule has 1 amide bonds. The number of carbonyl (C=O) groups excluding carboxylic acids is 1. The number of aromatic nitrogens is 3. The van der Waals surface area contributed by atoms with E-state index in [0.29, 0.717) is 18.9 Å². The maximum absolute atomic E-state index is 13.1. The quantitative estimate of drug-likeness (QED) is 0.559. The molecule has 5 rings (SSSR count). The summed E-state index contributed by atoms with van der Waals surface area (Å²) in [6, 6.07) is 17.2. The van der Waals surface area contributed by atoms with Crippen molar-refractivity contribution in [3.8, 4) is 11.4 Å². The van der Waals surface area contributed by atoms with E-state index < -0.39 is 5.41 Å². The predicted octanol–water partition coefficient (Wildman–Crippen LogP) is 3.67. The summed E-state index contributed by atoms with van der Waals surface area (Å²) in [7, 11) is 0. The van der Waals surface area contributed by atoms with Gasteiger partial charge in [0, 0.05) is 17.4 Å². The number of hydrogen-bond donors (Lipinski definition) is 2. The molecule has 0 spiro atoms. The molecule has 29 heavy (non-hydrogen) atoms. The number of nitrogens with zero attached hydrogens (tertiary/aromatic N) is 2. The lowest BCUT2D eigenvalue weighted by molar-refractivity contribution is -0.139. The molecule has 1 saturated heterocycles. The number of H-pyrrole nitrogens is 1. The van der Waals surface area contributed by atoms with Crippen LogP contribution in [-0.4, -0.2) is 34.1 Å². The van der Waals surface area contributed by atoms with E-state index >= 15 is 0 Å².